The van der Waals surface area contributed by atoms with Gasteiger partial charge in [-0.2, -0.15) is 0 Å². The minimum absolute atomic E-state index is 0.287. The lowest BCUT2D eigenvalue weighted by molar-refractivity contribution is 0.0481. The minimum Gasteiger partial charge on any atom is -0.497 e. The molecule has 4 heteroatoms. The van der Waals surface area contributed by atoms with Gasteiger partial charge in [0.05, 0.1) is 25.0 Å². The first-order valence-electron chi connectivity index (χ1n) is 6.51. The summed E-state index contributed by atoms with van der Waals surface area (Å²) in [6.07, 6.45) is 0.744. The lowest BCUT2D eigenvalue weighted by atomic mass is 9.97. The summed E-state index contributed by atoms with van der Waals surface area (Å²) in [5, 5.41) is 0. The summed E-state index contributed by atoms with van der Waals surface area (Å²) in [6.45, 7) is 2.38. The van der Waals surface area contributed by atoms with E-state index in [1.165, 1.54) is 0 Å². The number of hydrogen-bond acceptors (Lipinski definition) is 4. The molecule has 0 saturated carbocycles. The summed E-state index contributed by atoms with van der Waals surface area (Å²) >= 11 is 0. The number of methoxy groups -OCH3 is 1. The zero-order valence-corrected chi connectivity index (χ0v) is 11.5. The van der Waals surface area contributed by atoms with Gasteiger partial charge in [-0.15, -0.1) is 0 Å². The number of aryl methyl sites for hydroxylation is 1. The number of rotatable bonds is 2. The summed E-state index contributed by atoms with van der Waals surface area (Å²) in [4.78, 5) is 16.5. The predicted molar refractivity (Wildman–Crippen MR) is 74.9 cm³/mol. The van der Waals surface area contributed by atoms with Crippen LogP contribution in [-0.2, 0) is 11.2 Å². The Labute approximate surface area is 117 Å². The maximum absolute atomic E-state index is 12.0. The molecule has 0 N–H and O–H groups in total. The maximum Gasteiger partial charge on any atom is 0.340 e. The van der Waals surface area contributed by atoms with Crippen LogP contribution in [0, 0.1) is 6.92 Å². The summed E-state index contributed by atoms with van der Waals surface area (Å²) in [6, 6.07) is 9.49. The zero-order valence-electron chi connectivity index (χ0n) is 11.5. The SMILES string of the molecule is COc1ccc(-c2nc(C)cc3c2C(=O)OCC3)cc1. The number of ether oxygens (including phenoxy) is 2. The van der Waals surface area contributed by atoms with E-state index in [1.807, 2.05) is 37.3 Å². The molecule has 2 aromatic rings. The molecule has 4 nitrogen and oxygen atoms in total. The van der Waals surface area contributed by atoms with E-state index < -0.39 is 0 Å². The van der Waals surface area contributed by atoms with E-state index in [0.29, 0.717) is 17.9 Å². The largest absolute Gasteiger partial charge is 0.497 e. The Morgan fingerprint density at radius 1 is 1.25 bits per heavy atom. The van der Waals surface area contributed by atoms with Gasteiger partial charge in [0, 0.05) is 17.7 Å². The molecule has 0 radical (unpaired) electrons. The van der Waals surface area contributed by atoms with Crippen molar-refractivity contribution in [2.75, 3.05) is 13.7 Å². The second kappa shape index (κ2) is 4.96. The van der Waals surface area contributed by atoms with Gasteiger partial charge < -0.3 is 9.47 Å². The van der Waals surface area contributed by atoms with Crippen LogP contribution in [-0.4, -0.2) is 24.7 Å². The molecular weight excluding hydrogens is 254 g/mol. The first-order valence-corrected chi connectivity index (χ1v) is 6.51. The van der Waals surface area contributed by atoms with Crippen LogP contribution in [0.2, 0.25) is 0 Å². The fraction of sp³-hybridized carbons (Fsp3) is 0.250. The molecule has 1 aromatic carbocycles. The Morgan fingerprint density at radius 2 is 2.00 bits per heavy atom. The van der Waals surface area contributed by atoms with Crippen LogP contribution in [0.3, 0.4) is 0 Å². The highest BCUT2D eigenvalue weighted by Crippen LogP contribution is 2.29. The third-order valence-electron chi connectivity index (χ3n) is 3.40. The van der Waals surface area contributed by atoms with Gasteiger partial charge in [-0.3, -0.25) is 4.98 Å². The lowest BCUT2D eigenvalue weighted by Gasteiger charge is -2.19. The van der Waals surface area contributed by atoms with Crippen molar-refractivity contribution in [1.29, 1.82) is 0 Å². The smallest absolute Gasteiger partial charge is 0.340 e. The molecule has 102 valence electrons. The van der Waals surface area contributed by atoms with Crippen molar-refractivity contribution in [3.8, 4) is 17.0 Å². The molecule has 20 heavy (non-hydrogen) atoms. The molecule has 0 aliphatic carbocycles. The quantitative estimate of drug-likeness (QED) is 0.787. The monoisotopic (exact) mass is 269 g/mol. The molecule has 1 aliphatic rings. The van der Waals surface area contributed by atoms with E-state index in [9.17, 15) is 4.79 Å². The van der Waals surface area contributed by atoms with E-state index in [-0.39, 0.29) is 5.97 Å². The van der Waals surface area contributed by atoms with Gasteiger partial charge in [0.25, 0.3) is 0 Å². The van der Waals surface area contributed by atoms with Gasteiger partial charge in [0.1, 0.15) is 5.75 Å². The lowest BCUT2D eigenvalue weighted by Crippen LogP contribution is -2.19. The maximum atomic E-state index is 12.0. The standard InChI is InChI=1S/C16H15NO3/c1-10-9-12-7-8-20-16(18)14(12)15(17-10)11-3-5-13(19-2)6-4-11/h3-6,9H,7-8H2,1-2H3. The molecule has 0 bridgehead atoms. The van der Waals surface area contributed by atoms with Crippen molar-refractivity contribution >= 4 is 5.97 Å². The van der Waals surface area contributed by atoms with Crippen LogP contribution in [0.4, 0.5) is 0 Å². The minimum atomic E-state index is -0.287. The molecule has 3 rings (SSSR count). The van der Waals surface area contributed by atoms with Crippen LogP contribution in [0.25, 0.3) is 11.3 Å². The van der Waals surface area contributed by atoms with Crippen molar-refractivity contribution in [2.45, 2.75) is 13.3 Å². The Hall–Kier alpha value is -2.36. The number of carbonyl (C=O) groups excluding carboxylic acids is 1. The van der Waals surface area contributed by atoms with Crippen molar-refractivity contribution in [1.82, 2.24) is 4.98 Å². The Balaban J connectivity index is 2.16. The number of pyridine rings is 1. The van der Waals surface area contributed by atoms with Crippen LogP contribution >= 0.6 is 0 Å². The number of carbonyl (C=O) groups is 1. The summed E-state index contributed by atoms with van der Waals surface area (Å²) in [5.41, 5.74) is 4.09. The van der Waals surface area contributed by atoms with Crippen LogP contribution in [0.1, 0.15) is 21.6 Å². The van der Waals surface area contributed by atoms with Crippen LogP contribution in [0.15, 0.2) is 30.3 Å². The summed E-state index contributed by atoms with van der Waals surface area (Å²) in [5.74, 6) is 0.488. The molecule has 0 unspecified atom stereocenters. The van der Waals surface area contributed by atoms with E-state index in [1.54, 1.807) is 7.11 Å². The van der Waals surface area contributed by atoms with Crippen molar-refractivity contribution in [3.05, 3.63) is 47.2 Å². The van der Waals surface area contributed by atoms with Crippen LogP contribution in [0.5, 0.6) is 5.75 Å². The number of nitrogens with zero attached hydrogens (tertiary/aromatic N) is 1. The average molecular weight is 269 g/mol. The molecule has 0 atom stereocenters. The first-order chi connectivity index (χ1) is 9.69. The normalized spacial score (nSPS) is 13.6. The molecular formula is C16H15NO3. The van der Waals surface area contributed by atoms with Gasteiger partial charge in [-0.25, -0.2) is 4.79 Å². The molecule has 1 aliphatic heterocycles. The Kier molecular flexibility index (Phi) is 3.14. The van der Waals surface area contributed by atoms with E-state index in [4.69, 9.17) is 9.47 Å². The number of hydrogen-bond donors (Lipinski definition) is 0. The topological polar surface area (TPSA) is 48.4 Å². The molecule has 0 fully saturated rings. The molecule has 0 amide bonds. The highest BCUT2D eigenvalue weighted by atomic mass is 16.5. The fourth-order valence-electron chi connectivity index (χ4n) is 2.45. The molecule has 0 saturated heterocycles. The number of cyclic esters (lactones) is 1. The fourth-order valence-corrected chi connectivity index (χ4v) is 2.45. The molecule has 0 spiro atoms. The van der Waals surface area contributed by atoms with Gasteiger partial charge in [0.2, 0.25) is 0 Å². The van der Waals surface area contributed by atoms with Crippen molar-refractivity contribution in [2.24, 2.45) is 0 Å². The van der Waals surface area contributed by atoms with Crippen molar-refractivity contribution in [3.63, 3.8) is 0 Å². The first kappa shape index (κ1) is 12.7. The van der Waals surface area contributed by atoms with E-state index in [2.05, 4.69) is 4.98 Å². The van der Waals surface area contributed by atoms with Gasteiger partial charge >= 0.3 is 5.97 Å². The Morgan fingerprint density at radius 3 is 2.70 bits per heavy atom. The second-order valence-electron chi connectivity index (χ2n) is 4.76. The van der Waals surface area contributed by atoms with Crippen LogP contribution < -0.4 is 4.74 Å². The second-order valence-corrected chi connectivity index (χ2v) is 4.76. The highest BCUT2D eigenvalue weighted by molar-refractivity contribution is 5.98. The highest BCUT2D eigenvalue weighted by Gasteiger charge is 2.24. The summed E-state index contributed by atoms with van der Waals surface area (Å²) < 4.78 is 10.3. The number of aromatic nitrogens is 1. The third kappa shape index (κ3) is 2.13. The molecule has 1 aromatic heterocycles. The Bertz CT molecular complexity index is 662. The molecule has 2 heterocycles. The average Bonchev–Trinajstić information content (AvgIpc) is 2.46. The van der Waals surface area contributed by atoms with E-state index >= 15 is 0 Å². The summed E-state index contributed by atoms with van der Waals surface area (Å²) in [7, 11) is 1.62. The zero-order chi connectivity index (χ0) is 14.1. The van der Waals surface area contributed by atoms with E-state index in [0.717, 1.165) is 29.0 Å². The predicted octanol–water partition coefficient (Wildman–Crippen LogP) is 2.78. The van der Waals surface area contributed by atoms with Crippen molar-refractivity contribution < 1.29 is 14.3 Å². The number of fused-ring (bicyclic) bond motifs is 1. The van der Waals surface area contributed by atoms with Gasteiger partial charge in [-0.1, -0.05) is 0 Å². The number of benzene rings is 1. The van der Waals surface area contributed by atoms with Gasteiger partial charge in [-0.05, 0) is 42.8 Å². The van der Waals surface area contributed by atoms with Gasteiger partial charge in [0.15, 0.2) is 0 Å². The number of esters is 1. The third-order valence-corrected chi connectivity index (χ3v) is 3.40.